The van der Waals surface area contributed by atoms with Gasteiger partial charge in [-0.05, 0) is 30.5 Å². The minimum Gasteiger partial charge on any atom is -0.484 e. The number of ether oxygens (including phenoxy) is 1. The second kappa shape index (κ2) is 7.62. The van der Waals surface area contributed by atoms with E-state index in [4.69, 9.17) is 10.00 Å². The van der Waals surface area contributed by atoms with Crippen LogP contribution < -0.4 is 4.74 Å². The molecule has 0 radical (unpaired) electrons. The van der Waals surface area contributed by atoms with E-state index >= 15 is 0 Å². The van der Waals surface area contributed by atoms with Gasteiger partial charge in [0, 0.05) is 19.3 Å². The van der Waals surface area contributed by atoms with Gasteiger partial charge in [0.25, 0.3) is 5.91 Å². The van der Waals surface area contributed by atoms with Gasteiger partial charge in [-0.15, -0.1) is 0 Å². The van der Waals surface area contributed by atoms with Crippen LogP contribution in [0.5, 0.6) is 5.75 Å². The maximum Gasteiger partial charge on any atom is 0.260 e. The van der Waals surface area contributed by atoms with Crippen molar-refractivity contribution in [2.75, 3.05) is 32.2 Å². The third-order valence-electron chi connectivity index (χ3n) is 2.40. The molecule has 1 amide bonds. The summed E-state index contributed by atoms with van der Waals surface area (Å²) in [6.45, 7) is 0.744. The highest BCUT2D eigenvalue weighted by molar-refractivity contribution is 7.98. The van der Waals surface area contributed by atoms with Crippen molar-refractivity contribution >= 4 is 17.7 Å². The summed E-state index contributed by atoms with van der Waals surface area (Å²) in [4.78, 5) is 13.3. The molecule has 1 aromatic rings. The van der Waals surface area contributed by atoms with Gasteiger partial charge in [0.15, 0.2) is 6.61 Å². The predicted molar refractivity (Wildman–Crippen MR) is 72.7 cm³/mol. The molecule has 1 aromatic carbocycles. The van der Waals surface area contributed by atoms with E-state index in [1.165, 1.54) is 0 Å². The molecule has 0 aliphatic carbocycles. The summed E-state index contributed by atoms with van der Waals surface area (Å²) in [5.41, 5.74) is 0.575. The molecule has 0 aromatic heterocycles. The first-order chi connectivity index (χ1) is 8.67. The molecule has 18 heavy (non-hydrogen) atoms. The normalized spacial score (nSPS) is 9.61. The van der Waals surface area contributed by atoms with E-state index < -0.39 is 0 Å². The zero-order valence-electron chi connectivity index (χ0n) is 10.5. The van der Waals surface area contributed by atoms with Gasteiger partial charge in [0.1, 0.15) is 5.75 Å². The van der Waals surface area contributed by atoms with Crippen molar-refractivity contribution in [3.05, 3.63) is 29.8 Å². The summed E-state index contributed by atoms with van der Waals surface area (Å²) >= 11 is 1.70. The van der Waals surface area contributed by atoms with Crippen molar-refractivity contribution in [2.45, 2.75) is 0 Å². The molecule has 0 aliphatic heterocycles. The fourth-order valence-electron chi connectivity index (χ4n) is 1.23. The molecule has 0 saturated carbocycles. The summed E-state index contributed by atoms with van der Waals surface area (Å²) in [6.07, 6.45) is 2.01. The van der Waals surface area contributed by atoms with Crippen molar-refractivity contribution in [1.29, 1.82) is 5.26 Å². The molecule has 0 fully saturated rings. The predicted octanol–water partition coefficient (Wildman–Crippen LogP) is 1.76. The summed E-state index contributed by atoms with van der Waals surface area (Å²) < 4.78 is 5.36. The van der Waals surface area contributed by atoms with E-state index in [1.807, 2.05) is 12.3 Å². The Balaban J connectivity index is 2.39. The van der Waals surface area contributed by atoms with Crippen molar-refractivity contribution in [3.8, 4) is 11.8 Å². The monoisotopic (exact) mass is 264 g/mol. The van der Waals surface area contributed by atoms with Crippen LogP contribution in [0, 0.1) is 11.3 Å². The molecule has 4 nitrogen and oxygen atoms in total. The number of hydrogen-bond donors (Lipinski definition) is 0. The van der Waals surface area contributed by atoms with Crippen LogP contribution in [0.25, 0.3) is 0 Å². The number of rotatable bonds is 6. The van der Waals surface area contributed by atoms with Crippen LogP contribution in [0.1, 0.15) is 5.56 Å². The Morgan fingerprint density at radius 1 is 1.44 bits per heavy atom. The summed E-state index contributed by atoms with van der Waals surface area (Å²) in [5.74, 6) is 1.47. The minimum atomic E-state index is -0.0478. The van der Waals surface area contributed by atoms with Crippen LogP contribution in [0.4, 0.5) is 0 Å². The first-order valence-corrected chi connectivity index (χ1v) is 6.92. The lowest BCUT2D eigenvalue weighted by Gasteiger charge is -2.16. The molecular formula is C13H16N2O2S. The third-order valence-corrected chi connectivity index (χ3v) is 2.99. The number of nitrogens with zero attached hydrogens (tertiary/aromatic N) is 2. The summed E-state index contributed by atoms with van der Waals surface area (Å²) in [6, 6.07) is 8.73. The Labute approximate surface area is 112 Å². The Hall–Kier alpha value is -1.67. The zero-order chi connectivity index (χ0) is 13.4. The maximum atomic E-state index is 11.7. The van der Waals surface area contributed by atoms with Gasteiger partial charge >= 0.3 is 0 Å². The summed E-state index contributed by atoms with van der Waals surface area (Å²) in [5, 5.41) is 8.65. The van der Waals surface area contributed by atoms with E-state index in [9.17, 15) is 4.79 Å². The Kier molecular flexibility index (Phi) is 6.09. The standard InChI is InChI=1S/C13H16N2O2S/c1-15(7-8-18-2)13(16)10-17-12-5-3-11(9-14)4-6-12/h3-6H,7-8,10H2,1-2H3. The van der Waals surface area contributed by atoms with Crippen LogP contribution in [0.3, 0.4) is 0 Å². The van der Waals surface area contributed by atoms with Gasteiger partial charge < -0.3 is 9.64 Å². The van der Waals surface area contributed by atoms with Gasteiger partial charge in [-0.1, -0.05) is 0 Å². The highest BCUT2D eigenvalue weighted by Gasteiger charge is 2.08. The molecule has 0 unspecified atom stereocenters. The highest BCUT2D eigenvalue weighted by atomic mass is 32.2. The number of carbonyl (C=O) groups excluding carboxylic acids is 1. The number of carbonyl (C=O) groups is 1. The number of nitriles is 1. The quantitative estimate of drug-likeness (QED) is 0.785. The molecule has 0 saturated heterocycles. The van der Waals surface area contributed by atoms with Gasteiger partial charge in [0.05, 0.1) is 11.6 Å². The lowest BCUT2D eigenvalue weighted by atomic mass is 10.2. The van der Waals surface area contributed by atoms with Gasteiger partial charge in [-0.25, -0.2) is 0 Å². The number of thioether (sulfide) groups is 1. The number of likely N-dealkylation sites (N-methyl/N-ethyl adjacent to an activating group) is 1. The average molecular weight is 264 g/mol. The SMILES string of the molecule is CSCCN(C)C(=O)COc1ccc(C#N)cc1. The second-order valence-corrected chi connectivity index (χ2v) is 4.72. The molecule has 0 N–H and O–H groups in total. The smallest absolute Gasteiger partial charge is 0.260 e. The van der Waals surface area contributed by atoms with Crippen LogP contribution in [0.2, 0.25) is 0 Å². The largest absolute Gasteiger partial charge is 0.484 e. The molecular weight excluding hydrogens is 248 g/mol. The van der Waals surface area contributed by atoms with E-state index in [2.05, 4.69) is 0 Å². The maximum absolute atomic E-state index is 11.7. The molecule has 0 heterocycles. The molecule has 0 atom stereocenters. The molecule has 0 bridgehead atoms. The first kappa shape index (κ1) is 14.4. The fraction of sp³-hybridized carbons (Fsp3) is 0.385. The van der Waals surface area contributed by atoms with E-state index in [0.717, 1.165) is 12.3 Å². The van der Waals surface area contributed by atoms with Crippen LogP contribution in [0.15, 0.2) is 24.3 Å². The second-order valence-electron chi connectivity index (χ2n) is 3.73. The highest BCUT2D eigenvalue weighted by Crippen LogP contribution is 2.11. The zero-order valence-corrected chi connectivity index (χ0v) is 11.4. The van der Waals surface area contributed by atoms with Crippen molar-refractivity contribution in [1.82, 2.24) is 4.90 Å². The molecule has 5 heteroatoms. The van der Waals surface area contributed by atoms with Crippen LogP contribution in [-0.4, -0.2) is 43.0 Å². The third kappa shape index (κ3) is 4.68. The number of hydrogen-bond acceptors (Lipinski definition) is 4. The van der Waals surface area contributed by atoms with E-state index in [1.54, 1.807) is 48.0 Å². The van der Waals surface area contributed by atoms with Crippen molar-refractivity contribution in [3.63, 3.8) is 0 Å². The molecule has 96 valence electrons. The fourth-order valence-corrected chi connectivity index (χ4v) is 1.69. The molecule has 1 rings (SSSR count). The van der Waals surface area contributed by atoms with Gasteiger partial charge in [-0.2, -0.15) is 17.0 Å². The number of amides is 1. The molecule has 0 spiro atoms. The number of benzene rings is 1. The van der Waals surface area contributed by atoms with Gasteiger partial charge in [-0.3, -0.25) is 4.79 Å². The van der Waals surface area contributed by atoms with E-state index in [-0.39, 0.29) is 12.5 Å². The average Bonchev–Trinajstić information content (AvgIpc) is 2.42. The van der Waals surface area contributed by atoms with Crippen LogP contribution >= 0.6 is 11.8 Å². The first-order valence-electron chi connectivity index (χ1n) is 5.53. The Morgan fingerprint density at radius 2 is 2.11 bits per heavy atom. The summed E-state index contributed by atoms with van der Waals surface area (Å²) in [7, 11) is 1.76. The molecule has 0 aliphatic rings. The van der Waals surface area contributed by atoms with Gasteiger partial charge in [0.2, 0.25) is 0 Å². The van der Waals surface area contributed by atoms with Crippen LogP contribution in [-0.2, 0) is 4.79 Å². The Morgan fingerprint density at radius 3 is 2.67 bits per heavy atom. The minimum absolute atomic E-state index is 0.0246. The topological polar surface area (TPSA) is 53.3 Å². The lowest BCUT2D eigenvalue weighted by Crippen LogP contribution is -2.33. The van der Waals surface area contributed by atoms with Crippen molar-refractivity contribution < 1.29 is 9.53 Å². The van der Waals surface area contributed by atoms with E-state index in [0.29, 0.717) is 11.3 Å². The Bertz CT molecular complexity index is 426. The lowest BCUT2D eigenvalue weighted by molar-refractivity contribution is -0.131. The van der Waals surface area contributed by atoms with Crippen molar-refractivity contribution in [2.24, 2.45) is 0 Å².